The molecule has 0 amide bonds. The third kappa shape index (κ3) is 19.0. The van der Waals surface area contributed by atoms with Gasteiger partial charge in [0.2, 0.25) is 8.46 Å². The lowest BCUT2D eigenvalue weighted by molar-refractivity contribution is -0.183. The van der Waals surface area contributed by atoms with Crippen LogP contribution in [0.4, 0.5) is 0 Å². The first-order chi connectivity index (χ1) is 17.3. The van der Waals surface area contributed by atoms with Crippen LogP contribution < -0.4 is 0 Å². The average molecular weight is 551 g/mol. The first-order valence-corrected chi connectivity index (χ1v) is 15.9. The zero-order chi connectivity index (χ0) is 27.1. The quantitative estimate of drug-likeness (QED) is 0.0410. The molecule has 0 aromatic carbocycles. The molecule has 4 atom stereocenters. The molecule has 0 heterocycles. The fraction of sp³-hybridized carbons (Fsp3) is 0.964. The smallest absolute Gasteiger partial charge is 0.350 e. The lowest BCUT2D eigenvalue weighted by Crippen LogP contribution is -2.39. The summed E-state index contributed by atoms with van der Waals surface area (Å²) in [5.41, 5.74) is -0.332. The van der Waals surface area contributed by atoms with Crippen molar-refractivity contribution in [3.05, 3.63) is 0 Å². The van der Waals surface area contributed by atoms with Crippen LogP contribution in [-0.4, -0.2) is 39.9 Å². The number of thiol groups is 1. The van der Waals surface area contributed by atoms with Crippen LogP contribution >= 0.6 is 21.1 Å². The first kappa shape index (κ1) is 35.8. The van der Waals surface area contributed by atoms with Gasteiger partial charge in [-0.15, -0.1) is 12.6 Å². The molecule has 0 aliphatic rings. The minimum Gasteiger partial charge on any atom is -0.478 e. The lowest BCUT2D eigenvalue weighted by atomic mass is 9.91. The van der Waals surface area contributed by atoms with Crippen molar-refractivity contribution in [3.63, 3.8) is 0 Å². The number of aliphatic hydroxyl groups is 1. The Hall–Kier alpha value is -0.200. The third-order valence-electron chi connectivity index (χ3n) is 6.82. The number of carboxylic acid groups (broad SMARTS) is 1. The van der Waals surface area contributed by atoms with Gasteiger partial charge < -0.3 is 19.7 Å². The summed E-state index contributed by atoms with van der Waals surface area (Å²) in [6.45, 7) is 5.75. The molecule has 0 fully saturated rings. The van der Waals surface area contributed by atoms with Crippen LogP contribution in [0.2, 0.25) is 0 Å². The van der Waals surface area contributed by atoms with Gasteiger partial charge in [0.1, 0.15) is 12.0 Å². The number of ether oxygens (including phenoxy) is 2. The second-order valence-electron chi connectivity index (χ2n) is 10.2. The Morgan fingerprint density at radius 3 is 1.67 bits per heavy atom. The summed E-state index contributed by atoms with van der Waals surface area (Å²) in [7, 11) is -0.908. The molecule has 0 aromatic heterocycles. The predicted molar refractivity (Wildman–Crippen MR) is 152 cm³/mol. The van der Waals surface area contributed by atoms with Gasteiger partial charge in [-0.05, 0) is 18.8 Å². The highest BCUT2D eigenvalue weighted by molar-refractivity contribution is 7.80. The van der Waals surface area contributed by atoms with Gasteiger partial charge in [-0.25, -0.2) is 4.79 Å². The van der Waals surface area contributed by atoms with E-state index < -0.39 is 32.7 Å². The number of rotatable bonds is 27. The molecular formula is C28H55O6PS. The lowest BCUT2D eigenvalue weighted by Gasteiger charge is -2.26. The fourth-order valence-corrected chi connectivity index (χ4v) is 5.08. The first-order valence-electron chi connectivity index (χ1n) is 14.6. The molecule has 0 aromatic rings. The van der Waals surface area contributed by atoms with E-state index in [2.05, 4.69) is 26.5 Å². The number of carbonyl (C=O) groups is 1. The maximum atomic E-state index is 11.1. The summed E-state index contributed by atoms with van der Waals surface area (Å²) in [4.78, 5) is 11.1. The van der Waals surface area contributed by atoms with E-state index in [1.54, 1.807) is 0 Å². The van der Waals surface area contributed by atoms with Gasteiger partial charge in [0, 0.05) is 0 Å². The molecule has 36 heavy (non-hydrogen) atoms. The van der Waals surface area contributed by atoms with E-state index in [0.29, 0.717) is 12.3 Å². The van der Waals surface area contributed by atoms with Gasteiger partial charge in [0.05, 0.1) is 0 Å². The maximum absolute atomic E-state index is 11.1. The number of unbranched alkanes of at least 4 members (excludes halogenated alkanes) is 13. The summed E-state index contributed by atoms with van der Waals surface area (Å²) in [6.07, 6.45) is 22.5. The van der Waals surface area contributed by atoms with Gasteiger partial charge in [-0.3, -0.25) is 4.57 Å². The normalized spacial score (nSPS) is 16.0. The van der Waals surface area contributed by atoms with Crippen molar-refractivity contribution in [2.45, 2.75) is 160 Å². The van der Waals surface area contributed by atoms with Gasteiger partial charge in [0.15, 0.2) is 6.29 Å². The van der Waals surface area contributed by atoms with Crippen LogP contribution in [0, 0.1) is 5.92 Å². The third-order valence-corrected chi connectivity index (χ3v) is 7.78. The second kappa shape index (κ2) is 23.9. The Balaban J connectivity index is 4.57. The Kier molecular flexibility index (Phi) is 23.8. The van der Waals surface area contributed by atoms with E-state index in [4.69, 9.17) is 14.6 Å². The SMILES string of the molecule is CCCCCCCCCCC(CCCCCCCCC)CC(S)OC(CC)OCC(O)(P=O)C(=O)O. The minimum atomic E-state index is -2.46. The Labute approximate surface area is 228 Å². The van der Waals surface area contributed by atoms with Crippen molar-refractivity contribution >= 4 is 27.1 Å². The van der Waals surface area contributed by atoms with E-state index in [1.165, 1.54) is 109 Å². The van der Waals surface area contributed by atoms with Gasteiger partial charge in [-0.2, -0.15) is 0 Å². The molecule has 0 radical (unpaired) electrons. The molecule has 0 bridgehead atoms. The van der Waals surface area contributed by atoms with Crippen molar-refractivity contribution in [1.82, 2.24) is 0 Å². The summed E-state index contributed by atoms with van der Waals surface area (Å²) in [5, 5.41) is 16.5. The fourth-order valence-electron chi connectivity index (χ4n) is 4.44. The molecule has 2 N–H and O–H groups in total. The molecule has 0 saturated heterocycles. The number of aliphatic carboxylic acids is 1. The highest BCUT2D eigenvalue weighted by atomic mass is 32.1. The van der Waals surface area contributed by atoms with Crippen LogP contribution in [0.1, 0.15) is 143 Å². The standard InChI is InChI=1S/C28H55O6PS/c1-4-7-9-11-13-15-17-19-21-24(20-18-16-14-12-10-8-5-2)22-26(36)34-25(6-3)33-23-28(31,35-32)27(29)30/h24-26,31,36H,4-23H2,1-3H3,(H,29,30). The molecule has 214 valence electrons. The van der Waals surface area contributed by atoms with E-state index in [1.807, 2.05) is 6.92 Å². The van der Waals surface area contributed by atoms with Crippen LogP contribution in [0.15, 0.2) is 0 Å². The van der Waals surface area contributed by atoms with Crippen molar-refractivity contribution in [3.8, 4) is 0 Å². The zero-order valence-electron chi connectivity index (χ0n) is 23.3. The van der Waals surface area contributed by atoms with Crippen LogP contribution in [-0.2, 0) is 18.8 Å². The van der Waals surface area contributed by atoms with E-state index >= 15 is 0 Å². The van der Waals surface area contributed by atoms with Crippen LogP contribution in [0.3, 0.4) is 0 Å². The number of carboxylic acids is 1. The zero-order valence-corrected chi connectivity index (χ0v) is 25.1. The molecule has 0 rings (SSSR count). The van der Waals surface area contributed by atoms with Crippen molar-refractivity contribution in [2.24, 2.45) is 5.92 Å². The Bertz CT molecular complexity index is 538. The maximum Gasteiger partial charge on any atom is 0.350 e. The monoisotopic (exact) mass is 550 g/mol. The van der Waals surface area contributed by atoms with E-state index in [9.17, 15) is 14.5 Å². The van der Waals surface area contributed by atoms with Crippen LogP contribution in [0.25, 0.3) is 0 Å². The number of hydrogen-bond acceptors (Lipinski definition) is 6. The average Bonchev–Trinajstić information content (AvgIpc) is 2.86. The Morgan fingerprint density at radius 2 is 1.28 bits per heavy atom. The highest BCUT2D eigenvalue weighted by Gasteiger charge is 2.39. The minimum absolute atomic E-state index is 0.332. The van der Waals surface area contributed by atoms with Gasteiger partial charge in [0.25, 0.3) is 5.34 Å². The molecular weight excluding hydrogens is 495 g/mol. The van der Waals surface area contributed by atoms with E-state index in [-0.39, 0.29) is 5.44 Å². The topological polar surface area (TPSA) is 93.1 Å². The highest BCUT2D eigenvalue weighted by Crippen LogP contribution is 2.27. The van der Waals surface area contributed by atoms with Gasteiger partial charge in [-0.1, -0.05) is 130 Å². The van der Waals surface area contributed by atoms with E-state index in [0.717, 1.165) is 6.42 Å². The van der Waals surface area contributed by atoms with Crippen LogP contribution in [0.5, 0.6) is 0 Å². The largest absolute Gasteiger partial charge is 0.478 e. The molecule has 4 unspecified atom stereocenters. The predicted octanol–water partition coefficient (Wildman–Crippen LogP) is 8.75. The Morgan fingerprint density at radius 1 is 0.833 bits per heavy atom. The molecule has 0 aliphatic heterocycles. The summed E-state index contributed by atoms with van der Waals surface area (Å²) < 4.78 is 22.5. The van der Waals surface area contributed by atoms with Crippen molar-refractivity contribution in [2.75, 3.05) is 6.61 Å². The molecule has 0 aliphatic carbocycles. The molecule has 6 nitrogen and oxygen atoms in total. The van der Waals surface area contributed by atoms with Crippen molar-refractivity contribution in [1.29, 1.82) is 0 Å². The summed E-state index contributed by atoms with van der Waals surface area (Å²) >= 11 is 4.66. The van der Waals surface area contributed by atoms with Crippen molar-refractivity contribution < 1.29 is 29.0 Å². The molecule has 0 saturated carbocycles. The second-order valence-corrected chi connectivity index (χ2v) is 11.7. The summed E-state index contributed by atoms with van der Waals surface area (Å²) in [5.74, 6) is -1.05. The molecule has 0 spiro atoms. The number of hydrogen-bond donors (Lipinski definition) is 3. The summed E-state index contributed by atoms with van der Waals surface area (Å²) in [6, 6.07) is 0. The molecule has 8 heteroatoms. The van der Waals surface area contributed by atoms with Gasteiger partial charge >= 0.3 is 5.97 Å².